The van der Waals surface area contributed by atoms with E-state index in [0.717, 1.165) is 31.4 Å². The van der Waals surface area contributed by atoms with Crippen LogP contribution in [0.15, 0.2) is 36.4 Å². The Labute approximate surface area is 244 Å². The molecule has 0 aliphatic carbocycles. The van der Waals surface area contributed by atoms with Crippen molar-refractivity contribution >= 4 is 72.0 Å². The van der Waals surface area contributed by atoms with Crippen LogP contribution in [-0.4, -0.2) is 54.5 Å². The van der Waals surface area contributed by atoms with Crippen LogP contribution in [0.1, 0.15) is 51.6 Å². The number of Topliss-reactive ketones (excluding diaryl/α,β-unsaturated/α-hetero) is 2. The number of ketones is 2. The summed E-state index contributed by atoms with van der Waals surface area (Å²) in [6.45, 7) is 3.58. The molecular weight excluding hydrogens is 566 g/mol. The third-order valence-electron chi connectivity index (χ3n) is 6.84. The van der Waals surface area contributed by atoms with E-state index in [1.54, 1.807) is 26.4 Å². The van der Waals surface area contributed by atoms with E-state index in [0.29, 0.717) is 34.2 Å². The number of carboxylic acid groups (broad SMARTS) is 2. The number of nitrogens with one attached hydrogen (secondary N) is 1. The van der Waals surface area contributed by atoms with Gasteiger partial charge in [0.05, 0.1) is 41.5 Å². The highest BCUT2D eigenvalue weighted by molar-refractivity contribution is 7.21. The number of carboxylic acids is 2. The zero-order valence-electron chi connectivity index (χ0n) is 23.1. The van der Waals surface area contributed by atoms with Crippen molar-refractivity contribution in [1.29, 1.82) is 0 Å². The number of aliphatic carboxylic acids is 2. The summed E-state index contributed by atoms with van der Waals surface area (Å²) in [5.41, 5.74) is 1.70. The van der Waals surface area contributed by atoms with E-state index in [9.17, 15) is 19.2 Å². The molecule has 2 atom stereocenters. The number of thiophene rings is 2. The van der Waals surface area contributed by atoms with Crippen LogP contribution in [-0.2, 0) is 16.0 Å². The second-order valence-corrected chi connectivity index (χ2v) is 12.1. The zero-order valence-corrected chi connectivity index (χ0v) is 24.7. The van der Waals surface area contributed by atoms with Crippen LogP contribution in [0.25, 0.3) is 20.2 Å². The van der Waals surface area contributed by atoms with Crippen LogP contribution in [0.2, 0.25) is 0 Å². The molecule has 0 bridgehead atoms. The van der Waals surface area contributed by atoms with E-state index in [-0.39, 0.29) is 24.4 Å². The number of carbonyl (C=O) groups excluding carboxylic acids is 2. The Morgan fingerprint density at radius 2 is 1.24 bits per heavy atom. The quantitative estimate of drug-likeness (QED) is 0.141. The number of rotatable bonds is 14. The number of fused-ring (bicyclic) bond motifs is 2. The molecule has 0 aliphatic rings. The Morgan fingerprint density at radius 3 is 1.73 bits per heavy atom. The number of hydrogen-bond donors (Lipinski definition) is 3. The highest BCUT2D eigenvalue weighted by Crippen LogP contribution is 2.37. The predicted molar refractivity (Wildman–Crippen MR) is 160 cm³/mol. The monoisotopic (exact) mass is 597 g/mol. The van der Waals surface area contributed by atoms with Crippen molar-refractivity contribution in [2.75, 3.05) is 26.1 Å². The largest absolute Gasteiger partial charge is 0.496 e. The molecule has 0 amide bonds. The molecule has 11 heteroatoms. The molecule has 2 aromatic heterocycles. The van der Waals surface area contributed by atoms with E-state index in [4.69, 9.17) is 19.7 Å². The summed E-state index contributed by atoms with van der Waals surface area (Å²) in [7, 11) is 3.17. The van der Waals surface area contributed by atoms with Gasteiger partial charge >= 0.3 is 11.9 Å². The molecule has 0 saturated heterocycles. The lowest BCUT2D eigenvalue weighted by atomic mass is 10.0. The topological polar surface area (TPSA) is 139 Å². The first-order valence-electron chi connectivity index (χ1n) is 13.0. The first-order chi connectivity index (χ1) is 19.5. The molecule has 0 spiro atoms. The van der Waals surface area contributed by atoms with Crippen LogP contribution in [0, 0.1) is 11.8 Å². The molecule has 3 N–H and O–H groups in total. The Balaban J connectivity index is 1.50. The van der Waals surface area contributed by atoms with Gasteiger partial charge < -0.3 is 25.0 Å². The molecule has 0 aliphatic heterocycles. The van der Waals surface area contributed by atoms with Crippen molar-refractivity contribution in [3.05, 3.63) is 51.7 Å². The summed E-state index contributed by atoms with van der Waals surface area (Å²) in [6, 6.07) is 11.2. The fourth-order valence-corrected chi connectivity index (χ4v) is 6.46. The van der Waals surface area contributed by atoms with Crippen molar-refractivity contribution in [2.24, 2.45) is 11.8 Å². The number of carbonyl (C=O) groups is 4. The van der Waals surface area contributed by atoms with Gasteiger partial charge in [0, 0.05) is 34.9 Å². The van der Waals surface area contributed by atoms with Crippen molar-refractivity contribution in [3.8, 4) is 11.5 Å². The standard InChI is InChI=1S/C30H31NO8S2/c1-15(29(34)35)7-21(32)27-11-18-9-17(23(38-3)13-25(18)40-27)5-6-31-20-10-19-12-28(22(33)8-16(2)30(36)37)41-26(19)14-24(20)39-4/h9-16,31H,5-8H2,1-4H3,(H,34,35)(H,36,37). The molecule has 2 heterocycles. The third kappa shape index (κ3) is 6.86. The summed E-state index contributed by atoms with van der Waals surface area (Å²) in [4.78, 5) is 48.6. The minimum atomic E-state index is -0.998. The Kier molecular flexibility index (Phi) is 9.29. The second-order valence-electron chi connectivity index (χ2n) is 9.92. The predicted octanol–water partition coefficient (Wildman–Crippen LogP) is 6.37. The normalized spacial score (nSPS) is 12.7. The van der Waals surface area contributed by atoms with Gasteiger partial charge in [0.15, 0.2) is 11.6 Å². The number of benzene rings is 2. The molecule has 0 radical (unpaired) electrons. The van der Waals surface area contributed by atoms with Crippen LogP contribution in [0.4, 0.5) is 5.69 Å². The lowest BCUT2D eigenvalue weighted by Crippen LogP contribution is -2.13. The first kappa shape index (κ1) is 30.0. The maximum absolute atomic E-state index is 12.6. The Hall–Kier alpha value is -3.96. The fraction of sp³-hybridized carbons (Fsp3) is 0.333. The summed E-state index contributed by atoms with van der Waals surface area (Å²) in [5, 5.41) is 23.4. The molecular formula is C30H31NO8S2. The molecule has 216 valence electrons. The Morgan fingerprint density at radius 1 is 0.756 bits per heavy atom. The van der Waals surface area contributed by atoms with Crippen molar-refractivity contribution in [2.45, 2.75) is 33.1 Å². The van der Waals surface area contributed by atoms with Gasteiger partial charge in [0.1, 0.15) is 11.5 Å². The minimum absolute atomic E-state index is 0.0521. The summed E-state index contributed by atoms with van der Waals surface area (Å²) in [6.07, 6.45) is 0.497. The van der Waals surface area contributed by atoms with Crippen molar-refractivity contribution in [1.82, 2.24) is 0 Å². The van der Waals surface area contributed by atoms with Crippen molar-refractivity contribution < 1.29 is 38.9 Å². The maximum Gasteiger partial charge on any atom is 0.306 e. The molecule has 4 rings (SSSR count). The van der Waals surface area contributed by atoms with Gasteiger partial charge in [-0.05, 0) is 53.1 Å². The molecule has 0 fully saturated rings. The second kappa shape index (κ2) is 12.7. The molecule has 0 saturated carbocycles. The average molecular weight is 598 g/mol. The van der Waals surface area contributed by atoms with E-state index in [1.165, 1.54) is 36.5 Å². The van der Waals surface area contributed by atoms with Crippen LogP contribution < -0.4 is 14.8 Å². The Bertz CT molecular complexity index is 1520. The van der Waals surface area contributed by atoms with E-state index in [2.05, 4.69) is 5.32 Å². The van der Waals surface area contributed by atoms with Gasteiger partial charge in [-0.1, -0.05) is 13.8 Å². The first-order valence-corrected chi connectivity index (χ1v) is 14.6. The number of hydrogen-bond acceptors (Lipinski definition) is 9. The molecule has 41 heavy (non-hydrogen) atoms. The van der Waals surface area contributed by atoms with E-state index >= 15 is 0 Å². The molecule has 2 aromatic carbocycles. The smallest absolute Gasteiger partial charge is 0.306 e. The fourth-order valence-electron chi connectivity index (χ4n) is 4.41. The SMILES string of the molecule is COc1cc2sc(C(=O)CC(C)C(=O)O)cc2cc1CCNc1cc2cc(C(=O)CC(C)C(=O)O)sc2cc1OC. The summed E-state index contributed by atoms with van der Waals surface area (Å²) in [5.74, 6) is -2.58. The highest BCUT2D eigenvalue weighted by atomic mass is 32.1. The highest BCUT2D eigenvalue weighted by Gasteiger charge is 2.21. The van der Waals surface area contributed by atoms with Gasteiger partial charge in [-0.2, -0.15) is 0 Å². The van der Waals surface area contributed by atoms with Crippen molar-refractivity contribution in [3.63, 3.8) is 0 Å². The van der Waals surface area contributed by atoms with Gasteiger partial charge in [-0.15, -0.1) is 22.7 Å². The van der Waals surface area contributed by atoms with Crippen LogP contribution >= 0.6 is 22.7 Å². The molecule has 9 nitrogen and oxygen atoms in total. The lowest BCUT2D eigenvalue weighted by molar-refractivity contribution is -0.141. The number of ether oxygens (including phenoxy) is 2. The van der Waals surface area contributed by atoms with Gasteiger partial charge in [-0.25, -0.2) is 0 Å². The number of methoxy groups -OCH3 is 2. The molecule has 4 aromatic rings. The summed E-state index contributed by atoms with van der Waals surface area (Å²) >= 11 is 2.64. The van der Waals surface area contributed by atoms with Crippen LogP contribution in [0.3, 0.4) is 0 Å². The van der Waals surface area contributed by atoms with E-state index < -0.39 is 23.8 Å². The van der Waals surface area contributed by atoms with Gasteiger partial charge in [0.2, 0.25) is 0 Å². The van der Waals surface area contributed by atoms with Gasteiger partial charge in [-0.3, -0.25) is 19.2 Å². The third-order valence-corrected chi connectivity index (χ3v) is 9.12. The number of anilines is 1. The minimum Gasteiger partial charge on any atom is -0.496 e. The van der Waals surface area contributed by atoms with Crippen LogP contribution in [0.5, 0.6) is 11.5 Å². The average Bonchev–Trinajstić information content (AvgIpc) is 3.55. The summed E-state index contributed by atoms with van der Waals surface area (Å²) < 4.78 is 13.0. The molecule has 2 unspecified atom stereocenters. The maximum atomic E-state index is 12.6. The van der Waals surface area contributed by atoms with E-state index in [1.807, 2.05) is 24.3 Å². The lowest BCUT2D eigenvalue weighted by Gasteiger charge is -2.13. The van der Waals surface area contributed by atoms with Gasteiger partial charge in [0.25, 0.3) is 0 Å². The zero-order chi connectivity index (χ0) is 29.8.